The van der Waals surface area contributed by atoms with Gasteiger partial charge in [0.15, 0.2) is 0 Å². The number of carboxylic acids is 1. The molecule has 38 heavy (non-hydrogen) atoms. The van der Waals surface area contributed by atoms with Crippen molar-refractivity contribution in [3.8, 4) is 11.5 Å². The molecule has 0 saturated heterocycles. The summed E-state index contributed by atoms with van der Waals surface area (Å²) in [6.45, 7) is 5.12. The molecule has 2 aromatic rings. The van der Waals surface area contributed by atoms with Crippen LogP contribution < -0.4 is 21.7 Å². The van der Waals surface area contributed by atoms with E-state index in [1.165, 1.54) is 31.2 Å². The molecule has 0 aliphatic carbocycles. The van der Waals surface area contributed by atoms with Crippen LogP contribution in [0.15, 0.2) is 48.5 Å². The molecule has 0 bridgehead atoms. The molecule has 0 saturated carbocycles. The average molecular weight is 529 g/mol. The number of benzene rings is 2. The van der Waals surface area contributed by atoms with Gasteiger partial charge in [-0.3, -0.25) is 14.4 Å². The Bertz CT molecular complexity index is 1100. The number of nitrogens with two attached hydrogens (primary N) is 1. The minimum absolute atomic E-state index is 0.000954. The van der Waals surface area contributed by atoms with Gasteiger partial charge in [-0.1, -0.05) is 38.1 Å². The number of phenols is 2. The van der Waals surface area contributed by atoms with Crippen molar-refractivity contribution >= 4 is 23.7 Å². The van der Waals surface area contributed by atoms with Crippen LogP contribution >= 0.6 is 0 Å². The molecule has 2 rings (SSSR count). The molecule has 4 unspecified atom stereocenters. The predicted molar refractivity (Wildman–Crippen MR) is 140 cm³/mol. The predicted octanol–water partition coefficient (Wildman–Crippen LogP) is 0.815. The number of aromatic hydroxyl groups is 2. The number of carboxylic acid groups (broad SMARTS) is 1. The fourth-order valence-corrected chi connectivity index (χ4v) is 3.69. The molecule has 0 heterocycles. The lowest BCUT2D eigenvalue weighted by molar-refractivity contribution is -0.142. The molecule has 3 amide bonds. The Morgan fingerprint density at radius 1 is 0.684 bits per heavy atom. The Morgan fingerprint density at radius 2 is 1.05 bits per heavy atom. The highest BCUT2D eigenvalue weighted by atomic mass is 16.4. The van der Waals surface area contributed by atoms with E-state index in [0.717, 1.165) is 0 Å². The molecule has 0 aliphatic heterocycles. The van der Waals surface area contributed by atoms with Gasteiger partial charge in [0.25, 0.3) is 0 Å². The van der Waals surface area contributed by atoms with Gasteiger partial charge in [0.2, 0.25) is 17.7 Å². The summed E-state index contributed by atoms with van der Waals surface area (Å²) in [7, 11) is 0. The van der Waals surface area contributed by atoms with Crippen LogP contribution in [0.2, 0.25) is 0 Å². The Hall–Kier alpha value is -4.12. The highest BCUT2D eigenvalue weighted by molar-refractivity contribution is 5.94. The highest BCUT2D eigenvalue weighted by Gasteiger charge is 2.30. The summed E-state index contributed by atoms with van der Waals surface area (Å²) in [6.07, 6.45) is 0.233. The van der Waals surface area contributed by atoms with Crippen molar-refractivity contribution in [1.29, 1.82) is 0 Å². The molecule has 2 aromatic carbocycles. The number of nitrogens with one attached hydrogen (secondary N) is 3. The monoisotopic (exact) mass is 528 g/mol. The van der Waals surface area contributed by atoms with Crippen LogP contribution in [0.3, 0.4) is 0 Å². The summed E-state index contributed by atoms with van der Waals surface area (Å²) in [5.41, 5.74) is 6.91. The number of amides is 3. The van der Waals surface area contributed by atoms with Crippen LogP contribution in [0.5, 0.6) is 11.5 Å². The minimum atomic E-state index is -1.20. The van der Waals surface area contributed by atoms with E-state index in [0.29, 0.717) is 11.1 Å². The van der Waals surface area contributed by atoms with E-state index in [1.54, 1.807) is 24.3 Å². The SMILES string of the molecule is CC(C)CC(NC(=O)C(Cc1ccc(O)cc1)NC(=O)C(Cc1ccc(O)cc1)NC(=O)C(C)N)C(=O)O. The summed E-state index contributed by atoms with van der Waals surface area (Å²) in [6, 6.07) is 7.75. The number of rotatable bonds is 13. The Balaban J connectivity index is 2.32. The van der Waals surface area contributed by atoms with Crippen molar-refractivity contribution in [2.24, 2.45) is 11.7 Å². The first-order chi connectivity index (χ1) is 17.8. The third-order valence-corrected chi connectivity index (χ3v) is 5.75. The Labute approximate surface area is 221 Å². The Kier molecular flexibility index (Phi) is 11.1. The topological polar surface area (TPSA) is 191 Å². The average Bonchev–Trinajstić information content (AvgIpc) is 2.84. The molecular formula is C27H36N4O7. The summed E-state index contributed by atoms with van der Waals surface area (Å²) in [5.74, 6) is -3.11. The maximum atomic E-state index is 13.4. The molecule has 206 valence electrons. The normalized spacial score (nSPS) is 14.1. The van der Waals surface area contributed by atoms with Gasteiger partial charge in [-0.15, -0.1) is 0 Å². The third kappa shape index (κ3) is 9.74. The van der Waals surface area contributed by atoms with Crippen LogP contribution in [0.4, 0.5) is 0 Å². The van der Waals surface area contributed by atoms with Gasteiger partial charge in [0, 0.05) is 12.8 Å². The molecular weight excluding hydrogens is 492 g/mol. The van der Waals surface area contributed by atoms with Gasteiger partial charge in [0.1, 0.15) is 29.6 Å². The lowest BCUT2D eigenvalue weighted by Gasteiger charge is -2.25. The zero-order valence-electron chi connectivity index (χ0n) is 21.7. The molecule has 0 aliphatic rings. The fraction of sp³-hybridized carbons (Fsp3) is 0.407. The van der Waals surface area contributed by atoms with E-state index >= 15 is 0 Å². The molecule has 0 aromatic heterocycles. The molecule has 0 radical (unpaired) electrons. The van der Waals surface area contributed by atoms with Crippen LogP contribution in [0.25, 0.3) is 0 Å². The third-order valence-electron chi connectivity index (χ3n) is 5.75. The van der Waals surface area contributed by atoms with Crippen LogP contribution in [0, 0.1) is 5.92 Å². The largest absolute Gasteiger partial charge is 0.508 e. The second-order valence-electron chi connectivity index (χ2n) is 9.68. The summed E-state index contributed by atoms with van der Waals surface area (Å²) in [4.78, 5) is 50.7. The van der Waals surface area contributed by atoms with Crippen molar-refractivity contribution in [2.45, 2.75) is 64.2 Å². The smallest absolute Gasteiger partial charge is 0.326 e. The van der Waals surface area contributed by atoms with E-state index in [4.69, 9.17) is 5.73 Å². The van der Waals surface area contributed by atoms with Crippen molar-refractivity contribution in [3.05, 3.63) is 59.7 Å². The standard InChI is InChI=1S/C27H36N4O7/c1-15(2)12-23(27(37)38)31-26(36)22(14-18-6-10-20(33)11-7-18)30-25(35)21(29-24(34)16(3)28)13-17-4-8-19(32)9-5-17/h4-11,15-16,21-23,32-33H,12-14,28H2,1-3H3,(H,29,34)(H,30,35)(H,31,36)(H,37,38). The molecule has 11 heteroatoms. The maximum Gasteiger partial charge on any atom is 0.326 e. The number of hydrogen-bond acceptors (Lipinski definition) is 7. The molecule has 8 N–H and O–H groups in total. The number of hydrogen-bond donors (Lipinski definition) is 7. The van der Waals surface area contributed by atoms with Gasteiger partial charge in [-0.25, -0.2) is 4.79 Å². The van der Waals surface area contributed by atoms with Crippen molar-refractivity contribution in [3.63, 3.8) is 0 Å². The quantitative estimate of drug-likeness (QED) is 0.199. The maximum absolute atomic E-state index is 13.4. The van der Waals surface area contributed by atoms with Crippen molar-refractivity contribution < 1.29 is 34.5 Å². The van der Waals surface area contributed by atoms with E-state index in [9.17, 15) is 34.5 Å². The van der Waals surface area contributed by atoms with E-state index in [-0.39, 0.29) is 36.7 Å². The van der Waals surface area contributed by atoms with Crippen LogP contribution in [0.1, 0.15) is 38.3 Å². The van der Waals surface area contributed by atoms with E-state index in [1.807, 2.05) is 13.8 Å². The lowest BCUT2D eigenvalue weighted by atomic mass is 10.0. The zero-order valence-corrected chi connectivity index (χ0v) is 21.7. The van der Waals surface area contributed by atoms with Gasteiger partial charge >= 0.3 is 5.97 Å². The number of aliphatic carboxylic acids is 1. The molecule has 0 spiro atoms. The first-order valence-corrected chi connectivity index (χ1v) is 12.3. The number of carbonyl (C=O) groups is 4. The summed E-state index contributed by atoms with van der Waals surface area (Å²) < 4.78 is 0. The van der Waals surface area contributed by atoms with E-state index < -0.39 is 47.9 Å². The van der Waals surface area contributed by atoms with Gasteiger partial charge < -0.3 is 37.0 Å². The fourth-order valence-electron chi connectivity index (χ4n) is 3.69. The van der Waals surface area contributed by atoms with Gasteiger partial charge in [0.05, 0.1) is 6.04 Å². The zero-order chi connectivity index (χ0) is 28.4. The number of carbonyl (C=O) groups excluding carboxylic acids is 3. The second kappa shape index (κ2) is 14.0. The molecule has 0 fully saturated rings. The summed E-state index contributed by atoms with van der Waals surface area (Å²) in [5, 5.41) is 36.4. The van der Waals surface area contributed by atoms with Gasteiger partial charge in [-0.05, 0) is 54.7 Å². The lowest BCUT2D eigenvalue weighted by Crippen LogP contribution is -2.58. The van der Waals surface area contributed by atoms with Gasteiger partial charge in [-0.2, -0.15) is 0 Å². The first-order valence-electron chi connectivity index (χ1n) is 12.3. The summed E-state index contributed by atoms with van der Waals surface area (Å²) >= 11 is 0. The molecule has 4 atom stereocenters. The molecule has 11 nitrogen and oxygen atoms in total. The van der Waals surface area contributed by atoms with Crippen molar-refractivity contribution in [2.75, 3.05) is 0 Å². The van der Waals surface area contributed by atoms with Crippen LogP contribution in [-0.2, 0) is 32.0 Å². The van der Waals surface area contributed by atoms with Crippen molar-refractivity contribution in [1.82, 2.24) is 16.0 Å². The van der Waals surface area contributed by atoms with E-state index in [2.05, 4.69) is 16.0 Å². The highest BCUT2D eigenvalue weighted by Crippen LogP contribution is 2.14. The minimum Gasteiger partial charge on any atom is -0.508 e. The Morgan fingerprint density at radius 3 is 1.39 bits per heavy atom. The number of phenolic OH excluding ortho intramolecular Hbond substituents is 2. The second-order valence-corrected chi connectivity index (χ2v) is 9.68. The van der Waals surface area contributed by atoms with Crippen LogP contribution in [-0.4, -0.2) is 63.2 Å². The first kappa shape index (κ1) is 30.1.